The van der Waals surface area contributed by atoms with Gasteiger partial charge in [0.25, 0.3) is 0 Å². The molecule has 0 radical (unpaired) electrons. The first-order chi connectivity index (χ1) is 5.85. The van der Waals surface area contributed by atoms with Crippen LogP contribution in [-0.2, 0) is 0 Å². The Morgan fingerprint density at radius 3 is 1.92 bits per heavy atom. The first-order valence-electron chi connectivity index (χ1n) is 5.25. The first-order valence-corrected chi connectivity index (χ1v) is 5.25. The maximum absolute atomic E-state index is 2.41. The highest BCUT2D eigenvalue weighted by atomic mass is 15.1. The highest BCUT2D eigenvalue weighted by Gasteiger charge is 1.93. The quantitative estimate of drug-likeness (QED) is 0.564. The molecule has 0 aliphatic rings. The molecule has 0 saturated heterocycles. The second-order valence-electron chi connectivity index (χ2n) is 3.21. The predicted molar refractivity (Wildman–Crippen MR) is 56.2 cm³/mol. The van der Waals surface area contributed by atoms with Gasteiger partial charge in [-0.15, -0.1) is 0 Å². The smallest absolute Gasteiger partial charge is 0.0169 e. The molecular formula is C11H23N. The van der Waals surface area contributed by atoms with Gasteiger partial charge in [0.1, 0.15) is 0 Å². The molecule has 1 nitrogen and oxygen atoms in total. The molecule has 0 aromatic heterocycles. The molecule has 0 bridgehead atoms. The summed E-state index contributed by atoms with van der Waals surface area (Å²) in [5, 5.41) is 0. The third-order valence-electron chi connectivity index (χ3n) is 1.79. The Hall–Kier alpha value is -0.460. The van der Waals surface area contributed by atoms with Crippen molar-refractivity contribution in [1.29, 1.82) is 0 Å². The van der Waals surface area contributed by atoms with Crippen LogP contribution < -0.4 is 0 Å². The molecule has 0 aromatic rings. The second kappa shape index (κ2) is 8.63. The number of rotatable bonds is 7. The van der Waals surface area contributed by atoms with Crippen LogP contribution in [0, 0.1) is 0 Å². The van der Waals surface area contributed by atoms with E-state index in [2.05, 4.69) is 37.9 Å². The van der Waals surface area contributed by atoms with Gasteiger partial charge in [-0.2, -0.15) is 0 Å². The molecule has 0 aliphatic heterocycles. The normalized spacial score (nSPS) is 10.9. The van der Waals surface area contributed by atoms with Crippen molar-refractivity contribution >= 4 is 0 Å². The number of unbranched alkanes of at least 4 members (excludes halogenated alkanes) is 1. The summed E-state index contributed by atoms with van der Waals surface area (Å²) in [5.74, 6) is 0. The molecule has 0 aliphatic carbocycles. The Kier molecular flexibility index (Phi) is 8.30. The fraction of sp³-hybridized carbons (Fsp3) is 0.818. The zero-order chi connectivity index (χ0) is 9.23. The van der Waals surface area contributed by atoms with Gasteiger partial charge >= 0.3 is 0 Å². The minimum atomic E-state index is 1.20. The van der Waals surface area contributed by atoms with Gasteiger partial charge in [0.05, 0.1) is 0 Å². The lowest BCUT2D eigenvalue weighted by atomic mass is 10.3. The average Bonchev–Trinajstić information content (AvgIpc) is 2.06. The van der Waals surface area contributed by atoms with Gasteiger partial charge in [-0.3, -0.25) is 0 Å². The Balaban J connectivity index is 3.60. The Bertz CT molecular complexity index is 102. The molecule has 0 heterocycles. The molecule has 0 atom stereocenters. The van der Waals surface area contributed by atoms with Gasteiger partial charge in [-0.05, 0) is 25.5 Å². The van der Waals surface area contributed by atoms with Crippen LogP contribution in [0.25, 0.3) is 0 Å². The minimum absolute atomic E-state index is 1.20. The fourth-order valence-electron chi connectivity index (χ4n) is 1.23. The third kappa shape index (κ3) is 6.26. The van der Waals surface area contributed by atoms with Crippen molar-refractivity contribution < 1.29 is 0 Å². The summed E-state index contributed by atoms with van der Waals surface area (Å²) in [4.78, 5) is 2.41. The van der Waals surface area contributed by atoms with E-state index in [1.165, 1.54) is 38.8 Å². The molecule has 0 N–H and O–H groups in total. The second-order valence-corrected chi connectivity index (χ2v) is 3.21. The molecule has 1 heteroatoms. The maximum atomic E-state index is 2.41. The van der Waals surface area contributed by atoms with E-state index in [9.17, 15) is 0 Å². The summed E-state index contributed by atoms with van der Waals surface area (Å²) >= 11 is 0. The molecular weight excluding hydrogens is 146 g/mol. The minimum Gasteiger partial charge on any atom is -0.378 e. The molecule has 0 spiro atoms. The molecule has 0 saturated carbocycles. The summed E-state index contributed by atoms with van der Waals surface area (Å²) in [6.07, 6.45) is 9.50. The predicted octanol–water partition coefficient (Wildman–Crippen LogP) is 3.42. The van der Waals surface area contributed by atoms with Gasteiger partial charge in [0.15, 0.2) is 0 Å². The summed E-state index contributed by atoms with van der Waals surface area (Å²) in [5.41, 5.74) is 0. The first kappa shape index (κ1) is 11.5. The van der Waals surface area contributed by atoms with E-state index >= 15 is 0 Å². The standard InChI is InChI=1S/C11H23N/c1-4-7-8-11-12(9-5-2)10-6-3/h8,11H,4-7,9-10H2,1-3H3. The van der Waals surface area contributed by atoms with Crippen molar-refractivity contribution in [3.63, 3.8) is 0 Å². The van der Waals surface area contributed by atoms with Crippen LogP contribution in [0.3, 0.4) is 0 Å². The van der Waals surface area contributed by atoms with E-state index < -0.39 is 0 Å². The average molecular weight is 169 g/mol. The molecule has 12 heavy (non-hydrogen) atoms. The van der Waals surface area contributed by atoms with Crippen LogP contribution >= 0.6 is 0 Å². The van der Waals surface area contributed by atoms with Crippen LogP contribution in [0.2, 0.25) is 0 Å². The lowest BCUT2D eigenvalue weighted by molar-refractivity contribution is 0.374. The number of nitrogens with zero attached hydrogens (tertiary/aromatic N) is 1. The summed E-state index contributed by atoms with van der Waals surface area (Å²) < 4.78 is 0. The zero-order valence-electron chi connectivity index (χ0n) is 8.84. The van der Waals surface area contributed by atoms with Gasteiger partial charge in [-0.1, -0.05) is 33.3 Å². The van der Waals surface area contributed by atoms with Crippen molar-refractivity contribution in [2.24, 2.45) is 0 Å². The lowest BCUT2D eigenvalue weighted by Crippen LogP contribution is -2.18. The van der Waals surface area contributed by atoms with E-state index in [-0.39, 0.29) is 0 Å². The summed E-state index contributed by atoms with van der Waals surface area (Å²) in [6, 6.07) is 0. The molecule has 0 fully saturated rings. The van der Waals surface area contributed by atoms with Crippen molar-refractivity contribution in [2.75, 3.05) is 13.1 Å². The topological polar surface area (TPSA) is 3.24 Å². The number of hydrogen-bond donors (Lipinski definition) is 0. The summed E-state index contributed by atoms with van der Waals surface area (Å²) in [7, 11) is 0. The van der Waals surface area contributed by atoms with Gasteiger partial charge < -0.3 is 4.90 Å². The highest BCUT2D eigenvalue weighted by Crippen LogP contribution is 1.97. The van der Waals surface area contributed by atoms with Crippen LogP contribution in [0.15, 0.2) is 12.3 Å². The van der Waals surface area contributed by atoms with Crippen molar-refractivity contribution in [3.05, 3.63) is 12.3 Å². The molecule has 72 valence electrons. The van der Waals surface area contributed by atoms with Crippen molar-refractivity contribution in [2.45, 2.75) is 46.5 Å². The highest BCUT2D eigenvalue weighted by molar-refractivity contribution is 4.81. The maximum Gasteiger partial charge on any atom is 0.0169 e. The number of hydrogen-bond acceptors (Lipinski definition) is 1. The van der Waals surface area contributed by atoms with Crippen molar-refractivity contribution in [3.8, 4) is 0 Å². The van der Waals surface area contributed by atoms with E-state index in [0.717, 1.165) is 0 Å². The molecule has 0 unspecified atom stereocenters. The van der Waals surface area contributed by atoms with Crippen LogP contribution in [0.1, 0.15) is 46.5 Å². The van der Waals surface area contributed by atoms with Gasteiger partial charge in [0.2, 0.25) is 0 Å². The lowest BCUT2D eigenvalue weighted by Gasteiger charge is -2.18. The molecule has 0 aromatic carbocycles. The van der Waals surface area contributed by atoms with E-state index in [1.807, 2.05) is 0 Å². The summed E-state index contributed by atoms with van der Waals surface area (Å²) in [6.45, 7) is 9.09. The zero-order valence-corrected chi connectivity index (χ0v) is 8.84. The SMILES string of the molecule is CCCC=CN(CCC)CCC. The fourth-order valence-corrected chi connectivity index (χ4v) is 1.23. The van der Waals surface area contributed by atoms with E-state index in [4.69, 9.17) is 0 Å². The van der Waals surface area contributed by atoms with Crippen LogP contribution in [-0.4, -0.2) is 18.0 Å². The van der Waals surface area contributed by atoms with E-state index in [1.54, 1.807) is 0 Å². The Morgan fingerprint density at radius 2 is 1.50 bits per heavy atom. The van der Waals surface area contributed by atoms with Crippen LogP contribution in [0.4, 0.5) is 0 Å². The van der Waals surface area contributed by atoms with Gasteiger partial charge in [0, 0.05) is 13.1 Å². The largest absolute Gasteiger partial charge is 0.378 e. The third-order valence-corrected chi connectivity index (χ3v) is 1.79. The molecule has 0 amide bonds. The monoisotopic (exact) mass is 169 g/mol. The van der Waals surface area contributed by atoms with Gasteiger partial charge in [-0.25, -0.2) is 0 Å². The Morgan fingerprint density at radius 1 is 0.917 bits per heavy atom. The van der Waals surface area contributed by atoms with Crippen LogP contribution in [0.5, 0.6) is 0 Å². The van der Waals surface area contributed by atoms with E-state index in [0.29, 0.717) is 0 Å². The molecule has 0 rings (SSSR count). The Labute approximate surface area is 77.5 Å². The number of allylic oxidation sites excluding steroid dienone is 1. The van der Waals surface area contributed by atoms with Crippen molar-refractivity contribution in [1.82, 2.24) is 4.90 Å².